The van der Waals surface area contributed by atoms with E-state index in [1.165, 1.54) is 5.56 Å². The number of aromatic nitrogens is 1. The Morgan fingerprint density at radius 1 is 1.17 bits per heavy atom. The zero-order valence-corrected chi connectivity index (χ0v) is 14.4. The van der Waals surface area contributed by atoms with Crippen LogP contribution in [-0.4, -0.2) is 29.0 Å². The van der Waals surface area contributed by atoms with Gasteiger partial charge >= 0.3 is 6.03 Å². The van der Waals surface area contributed by atoms with E-state index in [0.717, 1.165) is 25.0 Å². The van der Waals surface area contributed by atoms with Crippen LogP contribution in [0.2, 0.25) is 0 Å². The molecule has 1 aliphatic heterocycles. The average Bonchev–Trinajstić information content (AvgIpc) is 2.59. The summed E-state index contributed by atoms with van der Waals surface area (Å²) in [4.78, 5) is 17.8. The minimum atomic E-state index is -0.804. The number of nitrogens with one attached hydrogen (secondary N) is 1. The summed E-state index contributed by atoms with van der Waals surface area (Å²) in [6.45, 7) is 1.08. The molecule has 126 valence electrons. The van der Waals surface area contributed by atoms with Crippen LogP contribution in [0.5, 0.6) is 0 Å². The lowest BCUT2D eigenvalue weighted by atomic mass is 9.90. The number of nitrogens with zero attached hydrogens (tertiary/aromatic N) is 2. The van der Waals surface area contributed by atoms with Crippen LogP contribution in [0.4, 0.5) is 19.3 Å². The highest BCUT2D eigenvalue weighted by atomic mass is 79.9. The van der Waals surface area contributed by atoms with E-state index >= 15 is 0 Å². The highest BCUT2D eigenvalue weighted by molar-refractivity contribution is 9.10. The smallest absolute Gasteiger partial charge is 0.322 e. The van der Waals surface area contributed by atoms with Crippen molar-refractivity contribution in [1.82, 2.24) is 9.88 Å². The molecule has 3 rings (SSSR count). The van der Waals surface area contributed by atoms with E-state index in [2.05, 4.69) is 26.2 Å². The van der Waals surface area contributed by atoms with Crippen molar-refractivity contribution in [1.29, 1.82) is 0 Å². The number of hydrogen-bond acceptors (Lipinski definition) is 2. The molecular formula is C17H16BrF2N3O. The first kappa shape index (κ1) is 16.8. The van der Waals surface area contributed by atoms with Crippen molar-refractivity contribution in [2.45, 2.75) is 18.8 Å². The molecule has 0 saturated carbocycles. The van der Waals surface area contributed by atoms with E-state index in [1.54, 1.807) is 17.3 Å². The number of rotatable bonds is 2. The van der Waals surface area contributed by atoms with E-state index < -0.39 is 23.4 Å². The number of carbonyl (C=O) groups is 1. The molecular weight excluding hydrogens is 380 g/mol. The second-order valence-corrected chi connectivity index (χ2v) is 6.63. The highest BCUT2D eigenvalue weighted by Gasteiger charge is 2.25. The van der Waals surface area contributed by atoms with Gasteiger partial charge in [-0.2, -0.15) is 0 Å². The molecule has 0 bridgehead atoms. The summed E-state index contributed by atoms with van der Waals surface area (Å²) in [5.41, 5.74) is 0.787. The van der Waals surface area contributed by atoms with Crippen molar-refractivity contribution in [2.75, 3.05) is 18.4 Å². The molecule has 0 unspecified atom stereocenters. The minimum Gasteiger partial charge on any atom is -0.324 e. The summed E-state index contributed by atoms with van der Waals surface area (Å²) in [6.07, 6.45) is 5.13. The number of urea groups is 1. The predicted octanol–water partition coefficient (Wildman–Crippen LogP) is 4.53. The lowest BCUT2D eigenvalue weighted by molar-refractivity contribution is 0.194. The van der Waals surface area contributed by atoms with Crippen LogP contribution in [0.3, 0.4) is 0 Å². The molecule has 7 heteroatoms. The molecule has 1 aromatic carbocycles. The van der Waals surface area contributed by atoms with E-state index in [1.807, 2.05) is 12.1 Å². The number of pyridine rings is 1. The van der Waals surface area contributed by atoms with Gasteiger partial charge in [-0.15, -0.1) is 0 Å². The molecule has 2 heterocycles. The van der Waals surface area contributed by atoms with Gasteiger partial charge in [0.1, 0.15) is 5.69 Å². The number of amides is 2. The van der Waals surface area contributed by atoms with Crippen LogP contribution in [0.15, 0.2) is 41.1 Å². The van der Waals surface area contributed by atoms with Crippen molar-refractivity contribution in [3.8, 4) is 0 Å². The molecule has 24 heavy (non-hydrogen) atoms. The first-order chi connectivity index (χ1) is 11.5. The van der Waals surface area contributed by atoms with Gasteiger partial charge in [0.05, 0.1) is 0 Å². The number of anilines is 1. The molecule has 4 nitrogen and oxygen atoms in total. The Kier molecular flexibility index (Phi) is 5.08. The fourth-order valence-corrected chi connectivity index (χ4v) is 3.30. The average molecular weight is 396 g/mol. The molecule has 1 N–H and O–H groups in total. The Bertz CT molecular complexity index is 711. The zero-order chi connectivity index (χ0) is 17.1. The first-order valence-electron chi connectivity index (χ1n) is 7.65. The van der Waals surface area contributed by atoms with Gasteiger partial charge in [0.2, 0.25) is 0 Å². The SMILES string of the molecule is O=C(Nc1c(F)cc(Br)cc1F)N1CCC(c2ccncc2)CC1. The minimum absolute atomic E-state index is 0.286. The van der Waals surface area contributed by atoms with E-state index in [4.69, 9.17) is 0 Å². The Morgan fingerprint density at radius 3 is 2.33 bits per heavy atom. The van der Waals surface area contributed by atoms with Crippen LogP contribution in [-0.2, 0) is 0 Å². The topological polar surface area (TPSA) is 45.2 Å². The third kappa shape index (κ3) is 3.72. The van der Waals surface area contributed by atoms with Crippen LogP contribution < -0.4 is 5.32 Å². The zero-order valence-electron chi connectivity index (χ0n) is 12.8. The Labute approximate surface area is 147 Å². The van der Waals surface area contributed by atoms with Gasteiger partial charge in [0.15, 0.2) is 11.6 Å². The van der Waals surface area contributed by atoms with Crippen LogP contribution in [0.1, 0.15) is 24.3 Å². The second-order valence-electron chi connectivity index (χ2n) is 5.72. The molecule has 1 aromatic heterocycles. The Balaban J connectivity index is 1.62. The van der Waals surface area contributed by atoms with Crippen molar-refractivity contribution in [3.63, 3.8) is 0 Å². The quantitative estimate of drug-likeness (QED) is 0.811. The summed E-state index contributed by atoms with van der Waals surface area (Å²) in [5.74, 6) is -1.23. The normalized spacial score (nSPS) is 15.4. The van der Waals surface area contributed by atoms with Gasteiger partial charge < -0.3 is 10.2 Å². The largest absolute Gasteiger partial charge is 0.324 e. The Hall–Kier alpha value is -2.02. The van der Waals surface area contributed by atoms with Crippen LogP contribution in [0, 0.1) is 11.6 Å². The number of piperidine rings is 1. The summed E-state index contributed by atoms with van der Waals surface area (Å²) in [6, 6.07) is 5.71. The fraction of sp³-hybridized carbons (Fsp3) is 0.294. The summed E-state index contributed by atoms with van der Waals surface area (Å²) >= 11 is 3.01. The van der Waals surface area contributed by atoms with E-state index in [9.17, 15) is 13.6 Å². The predicted molar refractivity (Wildman–Crippen MR) is 90.9 cm³/mol. The van der Waals surface area contributed by atoms with Gasteiger partial charge in [-0.3, -0.25) is 4.98 Å². The van der Waals surface area contributed by atoms with Crippen LogP contribution >= 0.6 is 15.9 Å². The van der Waals surface area contributed by atoms with Crippen LogP contribution in [0.25, 0.3) is 0 Å². The van der Waals surface area contributed by atoms with E-state index in [0.29, 0.717) is 19.0 Å². The molecule has 1 fully saturated rings. The van der Waals surface area contributed by atoms with Crippen molar-refractivity contribution >= 4 is 27.6 Å². The highest BCUT2D eigenvalue weighted by Crippen LogP contribution is 2.28. The molecule has 2 amide bonds. The number of benzene rings is 1. The molecule has 0 atom stereocenters. The molecule has 1 aliphatic rings. The monoisotopic (exact) mass is 395 g/mol. The van der Waals surface area contributed by atoms with Gasteiger partial charge in [-0.05, 0) is 48.6 Å². The fourth-order valence-electron chi connectivity index (χ4n) is 2.90. The van der Waals surface area contributed by atoms with Crippen molar-refractivity contribution < 1.29 is 13.6 Å². The maximum atomic E-state index is 13.8. The maximum absolute atomic E-state index is 13.8. The third-order valence-electron chi connectivity index (χ3n) is 4.20. The van der Waals surface area contributed by atoms with E-state index in [-0.39, 0.29) is 4.47 Å². The number of likely N-dealkylation sites (tertiary alicyclic amines) is 1. The molecule has 2 aromatic rings. The maximum Gasteiger partial charge on any atom is 0.322 e. The summed E-state index contributed by atoms with van der Waals surface area (Å²) < 4.78 is 27.9. The standard InChI is InChI=1S/C17H16BrF2N3O/c18-13-9-14(19)16(15(20)10-13)22-17(24)23-7-3-12(4-8-23)11-1-5-21-6-2-11/h1-2,5-6,9-10,12H,3-4,7-8H2,(H,22,24). The molecule has 1 saturated heterocycles. The lowest BCUT2D eigenvalue weighted by Gasteiger charge is -2.32. The number of hydrogen-bond donors (Lipinski definition) is 1. The second kappa shape index (κ2) is 7.25. The van der Waals surface area contributed by atoms with Gasteiger partial charge in [-0.25, -0.2) is 13.6 Å². The summed E-state index contributed by atoms with van der Waals surface area (Å²) in [7, 11) is 0. The number of halogens is 3. The number of carbonyl (C=O) groups excluding carboxylic acids is 1. The molecule has 0 aliphatic carbocycles. The summed E-state index contributed by atoms with van der Waals surface area (Å²) in [5, 5.41) is 2.34. The van der Waals surface area contributed by atoms with Gasteiger partial charge in [0, 0.05) is 30.0 Å². The van der Waals surface area contributed by atoms with Crippen molar-refractivity contribution in [2.24, 2.45) is 0 Å². The molecule has 0 radical (unpaired) electrons. The first-order valence-corrected chi connectivity index (χ1v) is 8.44. The lowest BCUT2D eigenvalue weighted by Crippen LogP contribution is -2.40. The molecule has 0 spiro atoms. The van der Waals surface area contributed by atoms with Gasteiger partial charge in [0.25, 0.3) is 0 Å². The Morgan fingerprint density at radius 2 is 1.75 bits per heavy atom. The third-order valence-corrected chi connectivity index (χ3v) is 4.66. The van der Waals surface area contributed by atoms with Gasteiger partial charge in [-0.1, -0.05) is 15.9 Å². The van der Waals surface area contributed by atoms with Crippen molar-refractivity contribution in [3.05, 3.63) is 58.3 Å².